The third-order valence-corrected chi connectivity index (χ3v) is 5.68. The fraction of sp³-hybridized carbons (Fsp3) is 1.00. The van der Waals surface area contributed by atoms with Crippen LogP contribution in [-0.4, -0.2) is 55.3 Å². The highest BCUT2D eigenvalue weighted by Gasteiger charge is 2.24. The first-order valence-electron chi connectivity index (χ1n) is 8.84. The van der Waals surface area contributed by atoms with Gasteiger partial charge in [-0.3, -0.25) is 0 Å². The van der Waals surface area contributed by atoms with Gasteiger partial charge >= 0.3 is 0 Å². The Bertz CT molecular complexity index is 279. The first-order valence-corrected chi connectivity index (χ1v) is 10.2. The van der Waals surface area contributed by atoms with Gasteiger partial charge in [0.1, 0.15) is 0 Å². The standard InChI is InChI=1S/C17H35N3S/c1-14(19-16-7-9-20(2)10-8-16)11-15-5-4-6-17(12-15)18-13-21-3/h14-19H,4-13H2,1-3H3. The van der Waals surface area contributed by atoms with Gasteiger partial charge < -0.3 is 15.5 Å². The molecule has 0 amide bonds. The molecule has 2 N–H and O–H groups in total. The predicted molar refractivity (Wildman–Crippen MR) is 95.0 cm³/mol. The van der Waals surface area contributed by atoms with Crippen molar-refractivity contribution in [1.82, 2.24) is 15.5 Å². The van der Waals surface area contributed by atoms with Crippen molar-refractivity contribution in [2.24, 2.45) is 5.92 Å². The molecule has 1 heterocycles. The molecule has 124 valence electrons. The van der Waals surface area contributed by atoms with Crippen molar-refractivity contribution in [2.45, 2.75) is 70.0 Å². The van der Waals surface area contributed by atoms with Crippen LogP contribution in [0, 0.1) is 5.92 Å². The second kappa shape index (κ2) is 9.39. The van der Waals surface area contributed by atoms with Gasteiger partial charge in [-0.1, -0.05) is 12.8 Å². The molecule has 2 fully saturated rings. The molecule has 21 heavy (non-hydrogen) atoms. The Balaban J connectivity index is 1.65. The van der Waals surface area contributed by atoms with Gasteiger partial charge in [-0.15, -0.1) is 11.8 Å². The van der Waals surface area contributed by atoms with Gasteiger partial charge in [-0.2, -0.15) is 0 Å². The van der Waals surface area contributed by atoms with Crippen LogP contribution in [0.25, 0.3) is 0 Å². The van der Waals surface area contributed by atoms with Gasteiger partial charge in [0.2, 0.25) is 0 Å². The monoisotopic (exact) mass is 313 g/mol. The van der Waals surface area contributed by atoms with E-state index in [1.807, 2.05) is 11.8 Å². The number of hydrogen-bond acceptors (Lipinski definition) is 4. The van der Waals surface area contributed by atoms with Crippen LogP contribution in [0.1, 0.15) is 51.9 Å². The van der Waals surface area contributed by atoms with E-state index in [0.29, 0.717) is 6.04 Å². The zero-order chi connectivity index (χ0) is 15.1. The minimum absolute atomic E-state index is 0.683. The molecule has 0 aromatic heterocycles. The number of nitrogens with zero attached hydrogens (tertiary/aromatic N) is 1. The molecule has 0 radical (unpaired) electrons. The molecule has 0 aromatic rings. The van der Waals surface area contributed by atoms with E-state index in [1.165, 1.54) is 58.0 Å². The maximum atomic E-state index is 3.89. The molecular formula is C17H35N3S. The highest BCUT2D eigenvalue weighted by Crippen LogP contribution is 2.28. The summed E-state index contributed by atoms with van der Waals surface area (Å²) in [6.45, 7) is 4.92. The molecule has 2 rings (SSSR count). The van der Waals surface area contributed by atoms with Crippen LogP contribution in [0.2, 0.25) is 0 Å². The number of piperidine rings is 1. The van der Waals surface area contributed by atoms with Gasteiger partial charge in [-0.25, -0.2) is 0 Å². The Hall–Kier alpha value is 0.230. The third-order valence-electron chi connectivity index (χ3n) is 5.22. The van der Waals surface area contributed by atoms with Crippen LogP contribution in [0.5, 0.6) is 0 Å². The minimum Gasteiger partial charge on any atom is -0.311 e. The van der Waals surface area contributed by atoms with Crippen molar-refractivity contribution >= 4 is 11.8 Å². The molecular weight excluding hydrogens is 278 g/mol. The van der Waals surface area contributed by atoms with Gasteiger partial charge in [0.15, 0.2) is 0 Å². The largest absolute Gasteiger partial charge is 0.311 e. The highest BCUT2D eigenvalue weighted by atomic mass is 32.2. The minimum atomic E-state index is 0.683. The van der Waals surface area contributed by atoms with Crippen molar-refractivity contribution in [3.63, 3.8) is 0 Å². The van der Waals surface area contributed by atoms with Crippen LogP contribution in [0.4, 0.5) is 0 Å². The Morgan fingerprint density at radius 2 is 1.90 bits per heavy atom. The molecule has 3 atom stereocenters. The fourth-order valence-electron chi connectivity index (χ4n) is 4.04. The Morgan fingerprint density at radius 1 is 1.14 bits per heavy atom. The average molecular weight is 314 g/mol. The van der Waals surface area contributed by atoms with E-state index in [0.717, 1.165) is 23.9 Å². The average Bonchev–Trinajstić information content (AvgIpc) is 2.48. The predicted octanol–water partition coefficient (Wildman–Crippen LogP) is 2.92. The molecule has 0 aromatic carbocycles. The summed E-state index contributed by atoms with van der Waals surface area (Å²) in [5.41, 5.74) is 0. The first kappa shape index (κ1) is 17.6. The van der Waals surface area contributed by atoms with Crippen molar-refractivity contribution in [1.29, 1.82) is 0 Å². The van der Waals surface area contributed by atoms with Gasteiger partial charge in [-0.05, 0) is 71.3 Å². The topological polar surface area (TPSA) is 27.3 Å². The summed E-state index contributed by atoms with van der Waals surface area (Å²) in [7, 11) is 2.24. The van der Waals surface area contributed by atoms with Crippen LogP contribution in [-0.2, 0) is 0 Å². The molecule has 1 saturated heterocycles. The Morgan fingerprint density at radius 3 is 2.62 bits per heavy atom. The number of rotatable bonds is 7. The van der Waals surface area contributed by atoms with E-state index in [4.69, 9.17) is 0 Å². The zero-order valence-electron chi connectivity index (χ0n) is 14.2. The number of nitrogens with one attached hydrogen (secondary N) is 2. The summed E-state index contributed by atoms with van der Waals surface area (Å²) in [5.74, 6) is 2.03. The molecule has 1 saturated carbocycles. The van der Waals surface area contributed by atoms with E-state index in [9.17, 15) is 0 Å². The molecule has 2 aliphatic rings. The smallest absolute Gasteiger partial charge is 0.0417 e. The van der Waals surface area contributed by atoms with E-state index in [-0.39, 0.29) is 0 Å². The number of likely N-dealkylation sites (tertiary alicyclic amines) is 1. The molecule has 1 aliphatic heterocycles. The lowest BCUT2D eigenvalue weighted by Gasteiger charge is -2.35. The van der Waals surface area contributed by atoms with Crippen LogP contribution in [0.3, 0.4) is 0 Å². The van der Waals surface area contributed by atoms with Crippen molar-refractivity contribution in [3.8, 4) is 0 Å². The summed E-state index contributed by atoms with van der Waals surface area (Å²) in [4.78, 5) is 2.45. The van der Waals surface area contributed by atoms with E-state index in [2.05, 4.69) is 35.8 Å². The SMILES string of the molecule is CSCNC1CCCC(CC(C)NC2CCN(C)CC2)C1. The quantitative estimate of drug-likeness (QED) is 0.707. The van der Waals surface area contributed by atoms with Crippen LogP contribution >= 0.6 is 11.8 Å². The molecule has 4 heteroatoms. The normalized spacial score (nSPS) is 30.4. The van der Waals surface area contributed by atoms with Gasteiger partial charge in [0.05, 0.1) is 0 Å². The summed E-state index contributed by atoms with van der Waals surface area (Å²) < 4.78 is 0. The van der Waals surface area contributed by atoms with Crippen LogP contribution < -0.4 is 10.6 Å². The molecule has 3 nitrogen and oxygen atoms in total. The molecule has 3 unspecified atom stereocenters. The lowest BCUT2D eigenvalue weighted by molar-refractivity contribution is 0.209. The van der Waals surface area contributed by atoms with Gasteiger partial charge in [0, 0.05) is 24.0 Å². The molecule has 1 aliphatic carbocycles. The Labute approximate surface area is 136 Å². The lowest BCUT2D eigenvalue weighted by Crippen LogP contribution is -2.45. The second-order valence-corrected chi connectivity index (χ2v) is 8.11. The van der Waals surface area contributed by atoms with E-state index >= 15 is 0 Å². The summed E-state index contributed by atoms with van der Waals surface area (Å²) in [5, 5.41) is 7.59. The maximum Gasteiger partial charge on any atom is 0.0417 e. The number of hydrogen-bond donors (Lipinski definition) is 2. The fourth-order valence-corrected chi connectivity index (χ4v) is 4.44. The first-order chi connectivity index (χ1) is 10.2. The maximum absolute atomic E-state index is 3.89. The number of thioether (sulfide) groups is 1. The van der Waals surface area contributed by atoms with Crippen LogP contribution in [0.15, 0.2) is 0 Å². The third kappa shape index (κ3) is 6.47. The Kier molecular flexibility index (Phi) is 7.86. The van der Waals surface area contributed by atoms with E-state index in [1.54, 1.807) is 0 Å². The zero-order valence-corrected chi connectivity index (χ0v) is 15.1. The molecule has 0 spiro atoms. The van der Waals surface area contributed by atoms with Crippen molar-refractivity contribution in [2.75, 3.05) is 32.3 Å². The molecule has 0 bridgehead atoms. The summed E-state index contributed by atoms with van der Waals surface area (Å²) >= 11 is 1.91. The summed E-state index contributed by atoms with van der Waals surface area (Å²) in [6.07, 6.45) is 11.8. The van der Waals surface area contributed by atoms with Crippen molar-refractivity contribution in [3.05, 3.63) is 0 Å². The lowest BCUT2D eigenvalue weighted by atomic mass is 9.82. The highest BCUT2D eigenvalue weighted by molar-refractivity contribution is 7.98. The van der Waals surface area contributed by atoms with Crippen molar-refractivity contribution < 1.29 is 0 Å². The van der Waals surface area contributed by atoms with Gasteiger partial charge in [0.25, 0.3) is 0 Å². The second-order valence-electron chi connectivity index (χ2n) is 7.25. The van der Waals surface area contributed by atoms with E-state index < -0.39 is 0 Å². The summed E-state index contributed by atoms with van der Waals surface area (Å²) in [6, 6.07) is 2.21.